The molecule has 0 aliphatic carbocycles. The molecule has 2 aromatic heterocycles. The summed E-state index contributed by atoms with van der Waals surface area (Å²) >= 11 is 0. The summed E-state index contributed by atoms with van der Waals surface area (Å²) in [6.07, 6.45) is 1.82. The minimum absolute atomic E-state index is 0.866. The Morgan fingerprint density at radius 3 is 2.41 bits per heavy atom. The Kier molecular flexibility index (Phi) is 2.88. The summed E-state index contributed by atoms with van der Waals surface area (Å²) in [4.78, 5) is 6.44. The molecule has 0 amide bonds. The zero-order valence-corrected chi connectivity index (χ0v) is 11.0. The van der Waals surface area contributed by atoms with Gasteiger partial charge in [0.25, 0.3) is 0 Å². The van der Waals surface area contributed by atoms with Crippen LogP contribution in [0.25, 0.3) is 5.82 Å². The van der Waals surface area contributed by atoms with Crippen molar-refractivity contribution in [3.63, 3.8) is 0 Å². The van der Waals surface area contributed by atoms with E-state index in [1.54, 1.807) is 0 Å². The van der Waals surface area contributed by atoms with E-state index in [0.717, 1.165) is 22.9 Å². The van der Waals surface area contributed by atoms with Gasteiger partial charge in [0.2, 0.25) is 0 Å². The van der Waals surface area contributed by atoms with E-state index in [-0.39, 0.29) is 0 Å². The molecule has 4 heteroatoms. The van der Waals surface area contributed by atoms with Crippen molar-refractivity contribution in [2.75, 3.05) is 19.0 Å². The minimum Gasteiger partial charge on any atom is -0.378 e. The summed E-state index contributed by atoms with van der Waals surface area (Å²) in [6.45, 7) is 6.18. The number of aryl methyl sites for hydroxylation is 1. The van der Waals surface area contributed by atoms with Crippen LogP contribution in [0.5, 0.6) is 0 Å². The van der Waals surface area contributed by atoms with Crippen molar-refractivity contribution in [2.45, 2.75) is 20.8 Å². The fourth-order valence-electron chi connectivity index (χ4n) is 1.75. The lowest BCUT2D eigenvalue weighted by molar-refractivity contribution is 0.805. The normalized spacial score (nSPS) is 10.6. The van der Waals surface area contributed by atoms with Crippen molar-refractivity contribution in [2.24, 2.45) is 0 Å². The molecule has 0 radical (unpaired) electrons. The first-order chi connectivity index (χ1) is 8.00. The maximum atomic E-state index is 4.52. The summed E-state index contributed by atoms with van der Waals surface area (Å²) in [5.74, 6) is 0.866. The first kappa shape index (κ1) is 11.6. The molecule has 0 atom stereocenters. The van der Waals surface area contributed by atoms with Crippen LogP contribution >= 0.6 is 0 Å². The van der Waals surface area contributed by atoms with Crippen molar-refractivity contribution in [3.8, 4) is 5.82 Å². The predicted octanol–water partition coefficient (Wildman–Crippen LogP) is 2.26. The Morgan fingerprint density at radius 1 is 1.18 bits per heavy atom. The summed E-state index contributed by atoms with van der Waals surface area (Å²) in [6, 6.07) is 4.03. The first-order valence-corrected chi connectivity index (χ1v) is 5.67. The van der Waals surface area contributed by atoms with Gasteiger partial charge in [-0.05, 0) is 32.4 Å². The number of nitrogens with zero attached hydrogens (tertiary/aromatic N) is 4. The number of aromatic nitrogens is 3. The van der Waals surface area contributed by atoms with E-state index >= 15 is 0 Å². The SMILES string of the molecule is Cc1nn(-c2cc(N(C)C)ccn2)c(C)c1C. The van der Waals surface area contributed by atoms with Gasteiger partial charge in [0.05, 0.1) is 5.69 Å². The lowest BCUT2D eigenvalue weighted by Gasteiger charge is -2.13. The van der Waals surface area contributed by atoms with Gasteiger partial charge in [-0.15, -0.1) is 0 Å². The van der Waals surface area contributed by atoms with Gasteiger partial charge in [0.15, 0.2) is 5.82 Å². The number of rotatable bonds is 2. The molecular weight excluding hydrogens is 212 g/mol. The third kappa shape index (κ3) is 2.02. The van der Waals surface area contributed by atoms with E-state index in [4.69, 9.17) is 0 Å². The highest BCUT2D eigenvalue weighted by atomic mass is 15.3. The predicted molar refractivity (Wildman–Crippen MR) is 69.9 cm³/mol. The average molecular weight is 230 g/mol. The molecule has 2 rings (SSSR count). The largest absolute Gasteiger partial charge is 0.378 e. The van der Waals surface area contributed by atoms with E-state index in [1.165, 1.54) is 5.56 Å². The van der Waals surface area contributed by atoms with Crippen LogP contribution in [0.4, 0.5) is 5.69 Å². The highest BCUT2D eigenvalue weighted by Crippen LogP contribution is 2.18. The Labute approximate surface area is 102 Å². The molecule has 0 spiro atoms. The van der Waals surface area contributed by atoms with Crippen LogP contribution < -0.4 is 4.90 Å². The molecule has 17 heavy (non-hydrogen) atoms. The summed E-state index contributed by atoms with van der Waals surface area (Å²) in [5, 5.41) is 4.52. The molecule has 0 bridgehead atoms. The zero-order chi connectivity index (χ0) is 12.6. The topological polar surface area (TPSA) is 34.0 Å². The molecule has 0 aliphatic heterocycles. The van der Waals surface area contributed by atoms with Gasteiger partial charge in [-0.25, -0.2) is 9.67 Å². The molecule has 0 N–H and O–H groups in total. The quantitative estimate of drug-likeness (QED) is 0.793. The highest BCUT2D eigenvalue weighted by Gasteiger charge is 2.10. The maximum Gasteiger partial charge on any atom is 0.155 e. The molecular formula is C13H18N4. The van der Waals surface area contributed by atoms with Crippen molar-refractivity contribution in [1.29, 1.82) is 0 Å². The van der Waals surface area contributed by atoms with Gasteiger partial charge in [-0.1, -0.05) is 0 Å². The number of hydrogen-bond donors (Lipinski definition) is 0. The smallest absolute Gasteiger partial charge is 0.155 e. The fraction of sp³-hybridized carbons (Fsp3) is 0.385. The standard InChI is InChI=1S/C13H18N4/c1-9-10(2)15-17(11(9)3)13-8-12(16(4)5)6-7-14-13/h6-8H,1-5H3. The van der Waals surface area contributed by atoms with Crippen LogP contribution in [-0.2, 0) is 0 Å². The molecule has 2 heterocycles. The fourth-order valence-corrected chi connectivity index (χ4v) is 1.75. The molecule has 0 saturated carbocycles. The van der Waals surface area contributed by atoms with E-state index in [9.17, 15) is 0 Å². The Balaban J connectivity index is 2.53. The van der Waals surface area contributed by atoms with Crippen molar-refractivity contribution < 1.29 is 0 Å². The van der Waals surface area contributed by atoms with Crippen molar-refractivity contribution in [1.82, 2.24) is 14.8 Å². The van der Waals surface area contributed by atoms with Crippen LogP contribution in [0.2, 0.25) is 0 Å². The molecule has 0 aromatic carbocycles. The molecule has 0 saturated heterocycles. The average Bonchev–Trinajstić information content (AvgIpc) is 2.57. The van der Waals surface area contributed by atoms with Gasteiger partial charge >= 0.3 is 0 Å². The lowest BCUT2D eigenvalue weighted by atomic mass is 10.2. The van der Waals surface area contributed by atoms with Crippen LogP contribution in [0, 0.1) is 20.8 Å². The Hall–Kier alpha value is -1.84. The van der Waals surface area contributed by atoms with E-state index in [0.29, 0.717) is 0 Å². The van der Waals surface area contributed by atoms with Gasteiger partial charge < -0.3 is 4.90 Å². The van der Waals surface area contributed by atoms with Crippen molar-refractivity contribution in [3.05, 3.63) is 35.3 Å². The molecule has 2 aromatic rings. The second-order valence-corrected chi connectivity index (χ2v) is 4.47. The number of pyridine rings is 1. The van der Waals surface area contributed by atoms with Gasteiger partial charge in [0.1, 0.15) is 0 Å². The second-order valence-electron chi connectivity index (χ2n) is 4.47. The molecule has 0 aliphatic rings. The third-order valence-corrected chi connectivity index (χ3v) is 3.12. The molecule has 90 valence electrons. The highest BCUT2D eigenvalue weighted by molar-refractivity contribution is 5.49. The van der Waals surface area contributed by atoms with Gasteiger partial charge in [-0.2, -0.15) is 5.10 Å². The van der Waals surface area contributed by atoms with Gasteiger partial charge in [0, 0.05) is 37.7 Å². The third-order valence-electron chi connectivity index (χ3n) is 3.12. The summed E-state index contributed by atoms with van der Waals surface area (Å²) in [5.41, 5.74) is 4.55. The van der Waals surface area contributed by atoms with Crippen LogP contribution in [0.15, 0.2) is 18.3 Å². The van der Waals surface area contributed by atoms with Crippen LogP contribution in [0.3, 0.4) is 0 Å². The summed E-state index contributed by atoms with van der Waals surface area (Å²) < 4.78 is 1.90. The summed E-state index contributed by atoms with van der Waals surface area (Å²) in [7, 11) is 4.04. The molecule has 0 fully saturated rings. The second kappa shape index (κ2) is 4.20. The monoisotopic (exact) mass is 230 g/mol. The van der Waals surface area contributed by atoms with E-state index in [1.807, 2.05) is 44.0 Å². The van der Waals surface area contributed by atoms with E-state index < -0.39 is 0 Å². The molecule has 0 unspecified atom stereocenters. The minimum atomic E-state index is 0.866. The van der Waals surface area contributed by atoms with Crippen molar-refractivity contribution >= 4 is 5.69 Å². The Morgan fingerprint density at radius 2 is 1.88 bits per heavy atom. The van der Waals surface area contributed by atoms with Crippen LogP contribution in [0.1, 0.15) is 17.0 Å². The van der Waals surface area contributed by atoms with E-state index in [2.05, 4.69) is 28.8 Å². The first-order valence-electron chi connectivity index (χ1n) is 5.67. The Bertz CT molecular complexity index is 540. The van der Waals surface area contributed by atoms with Crippen LogP contribution in [-0.4, -0.2) is 28.9 Å². The zero-order valence-electron chi connectivity index (χ0n) is 11.0. The van der Waals surface area contributed by atoms with Gasteiger partial charge in [-0.3, -0.25) is 0 Å². The molecule has 4 nitrogen and oxygen atoms in total. The maximum absolute atomic E-state index is 4.52. The number of anilines is 1. The lowest BCUT2D eigenvalue weighted by Crippen LogP contribution is -2.10. The number of hydrogen-bond acceptors (Lipinski definition) is 3.